The molecule has 5 atom stereocenters. The molecule has 3 aliphatic carbocycles. The van der Waals surface area contributed by atoms with Crippen LogP contribution in [-0.4, -0.2) is 28.8 Å². The standard InChI is InChI=1S/C26H34N4O3S/c1-14-13-28-25(34-14)29-23(32)7-5-16-11-22(30-33-3)26(2)9-8-17-18(24(16)26)6-4-15-10-21(31)20(27)12-19(15)17/h10,12-13,16-18,24,31H,4-9,11,27H2,1-3H3,(H,28,29,32)/b30-22+/t16-,17?,18?,24?,26-/m1/s1. The first kappa shape index (κ1) is 23.1. The Bertz CT molecular complexity index is 1130. The van der Waals surface area contributed by atoms with Crippen molar-refractivity contribution in [1.29, 1.82) is 0 Å². The van der Waals surface area contributed by atoms with Crippen molar-refractivity contribution in [2.45, 2.75) is 64.7 Å². The number of hydrogen-bond donors (Lipinski definition) is 3. The van der Waals surface area contributed by atoms with E-state index in [4.69, 9.17) is 10.6 Å². The van der Waals surface area contributed by atoms with E-state index in [0.717, 1.165) is 49.1 Å². The number of nitrogens with two attached hydrogens (primary N) is 1. The third-order valence-corrected chi connectivity index (χ3v) is 9.39. The number of benzene rings is 1. The highest BCUT2D eigenvalue weighted by Gasteiger charge is 2.57. The van der Waals surface area contributed by atoms with Crippen LogP contribution in [0.5, 0.6) is 5.75 Å². The second-order valence-electron chi connectivity index (χ2n) is 10.4. The second kappa shape index (κ2) is 8.87. The van der Waals surface area contributed by atoms with Crippen LogP contribution in [-0.2, 0) is 16.1 Å². The zero-order valence-electron chi connectivity index (χ0n) is 20.1. The molecule has 0 bridgehead atoms. The average molecular weight is 483 g/mol. The molecular formula is C26H34N4O3S. The van der Waals surface area contributed by atoms with Gasteiger partial charge in [-0.25, -0.2) is 4.98 Å². The molecule has 1 aromatic heterocycles. The molecule has 2 fully saturated rings. The Labute approximate surface area is 204 Å². The lowest BCUT2D eigenvalue weighted by Crippen LogP contribution is -2.44. The first-order valence-corrected chi connectivity index (χ1v) is 13.1. The van der Waals surface area contributed by atoms with E-state index < -0.39 is 0 Å². The van der Waals surface area contributed by atoms with E-state index in [1.54, 1.807) is 13.3 Å². The SMILES string of the molecule is CO/N=C1\C[C@@H](CCC(=O)Nc2ncc(C)s2)C2C3CCc4cc(O)c(N)cc4C3CC[C@]12C. The van der Waals surface area contributed by atoms with Gasteiger partial charge in [0.1, 0.15) is 12.9 Å². The Hall–Kier alpha value is -2.61. The molecular weight excluding hydrogens is 448 g/mol. The summed E-state index contributed by atoms with van der Waals surface area (Å²) in [5.41, 5.74) is 10.2. The minimum Gasteiger partial charge on any atom is -0.506 e. The molecule has 4 N–H and O–H groups in total. The zero-order chi connectivity index (χ0) is 24.0. The number of phenols is 1. The predicted octanol–water partition coefficient (Wildman–Crippen LogP) is 5.24. The lowest BCUT2D eigenvalue weighted by atomic mass is 9.54. The van der Waals surface area contributed by atoms with Crippen LogP contribution < -0.4 is 11.1 Å². The Morgan fingerprint density at radius 2 is 2.24 bits per heavy atom. The van der Waals surface area contributed by atoms with Crippen molar-refractivity contribution in [1.82, 2.24) is 4.98 Å². The molecule has 0 radical (unpaired) electrons. The summed E-state index contributed by atoms with van der Waals surface area (Å²) in [5, 5.41) is 18.3. The molecule has 34 heavy (non-hydrogen) atoms. The van der Waals surface area contributed by atoms with Crippen LogP contribution in [0.3, 0.4) is 0 Å². The number of carbonyl (C=O) groups is 1. The number of aryl methyl sites for hydroxylation is 2. The molecule has 1 amide bonds. The fourth-order valence-electron chi connectivity index (χ4n) is 7.13. The second-order valence-corrected chi connectivity index (χ2v) is 11.7. The minimum absolute atomic E-state index is 0.00922. The summed E-state index contributed by atoms with van der Waals surface area (Å²) in [6, 6.07) is 3.87. The molecule has 2 saturated carbocycles. The van der Waals surface area contributed by atoms with Gasteiger partial charge in [-0.3, -0.25) is 4.79 Å². The van der Waals surface area contributed by atoms with Gasteiger partial charge in [-0.05, 0) is 92.4 Å². The fraction of sp³-hybridized carbons (Fsp3) is 0.577. The molecule has 0 saturated heterocycles. The maximum absolute atomic E-state index is 12.7. The minimum atomic E-state index is -0.00922. The van der Waals surface area contributed by atoms with Gasteiger partial charge < -0.3 is 21.0 Å². The molecule has 5 rings (SSSR count). The van der Waals surface area contributed by atoms with E-state index >= 15 is 0 Å². The van der Waals surface area contributed by atoms with E-state index in [-0.39, 0.29) is 17.1 Å². The summed E-state index contributed by atoms with van der Waals surface area (Å²) in [7, 11) is 1.62. The van der Waals surface area contributed by atoms with Gasteiger partial charge in [0.05, 0.1) is 11.4 Å². The quantitative estimate of drug-likeness (QED) is 0.307. The van der Waals surface area contributed by atoms with E-state index in [0.29, 0.717) is 40.9 Å². The van der Waals surface area contributed by atoms with Crippen molar-refractivity contribution in [3.05, 3.63) is 34.3 Å². The maximum Gasteiger partial charge on any atom is 0.226 e. The van der Waals surface area contributed by atoms with Gasteiger partial charge in [0.2, 0.25) is 5.91 Å². The number of fused-ring (bicyclic) bond motifs is 5. The van der Waals surface area contributed by atoms with E-state index in [9.17, 15) is 9.90 Å². The van der Waals surface area contributed by atoms with Gasteiger partial charge in [0.25, 0.3) is 0 Å². The van der Waals surface area contributed by atoms with Gasteiger partial charge >= 0.3 is 0 Å². The molecule has 3 aliphatic rings. The highest BCUT2D eigenvalue weighted by atomic mass is 32.1. The number of nitrogen functional groups attached to an aromatic ring is 1. The van der Waals surface area contributed by atoms with Gasteiger partial charge in [-0.1, -0.05) is 12.1 Å². The van der Waals surface area contributed by atoms with Crippen LogP contribution in [0.4, 0.5) is 10.8 Å². The monoisotopic (exact) mass is 482 g/mol. The maximum atomic E-state index is 12.7. The molecule has 7 nitrogen and oxygen atoms in total. The number of phenolic OH excluding ortho intramolecular Hbond substituents is 1. The number of anilines is 2. The lowest BCUT2D eigenvalue weighted by molar-refractivity contribution is -0.116. The number of aromatic hydroxyl groups is 1. The number of hydrogen-bond acceptors (Lipinski definition) is 7. The molecule has 0 aliphatic heterocycles. The summed E-state index contributed by atoms with van der Waals surface area (Å²) >= 11 is 1.50. The van der Waals surface area contributed by atoms with Crippen molar-refractivity contribution in [3.8, 4) is 5.75 Å². The molecule has 8 heteroatoms. The Morgan fingerprint density at radius 1 is 1.41 bits per heavy atom. The van der Waals surface area contributed by atoms with Crippen molar-refractivity contribution in [2.24, 2.45) is 28.3 Å². The topological polar surface area (TPSA) is 110 Å². The van der Waals surface area contributed by atoms with Crippen LogP contribution in [0.2, 0.25) is 0 Å². The van der Waals surface area contributed by atoms with E-state index in [1.807, 2.05) is 19.1 Å². The highest BCUT2D eigenvalue weighted by Crippen LogP contribution is 2.62. The zero-order valence-corrected chi connectivity index (χ0v) is 21.0. The predicted molar refractivity (Wildman–Crippen MR) is 135 cm³/mol. The molecule has 3 unspecified atom stereocenters. The van der Waals surface area contributed by atoms with Crippen LogP contribution >= 0.6 is 11.3 Å². The van der Waals surface area contributed by atoms with Crippen molar-refractivity contribution in [2.75, 3.05) is 18.2 Å². The van der Waals surface area contributed by atoms with Gasteiger partial charge in [-0.15, -0.1) is 11.3 Å². The number of amides is 1. The first-order chi connectivity index (χ1) is 16.3. The smallest absolute Gasteiger partial charge is 0.226 e. The number of nitrogens with one attached hydrogen (secondary N) is 1. The summed E-state index contributed by atoms with van der Waals surface area (Å²) in [6.45, 7) is 4.34. The average Bonchev–Trinajstić information content (AvgIpc) is 3.33. The molecule has 1 heterocycles. The third kappa shape index (κ3) is 3.96. The molecule has 0 spiro atoms. The van der Waals surface area contributed by atoms with Crippen molar-refractivity contribution in [3.63, 3.8) is 0 Å². The number of thiazole rings is 1. The third-order valence-electron chi connectivity index (χ3n) is 8.56. The van der Waals surface area contributed by atoms with Crippen LogP contribution in [0.25, 0.3) is 0 Å². The lowest BCUT2D eigenvalue weighted by Gasteiger charge is -2.50. The first-order valence-electron chi connectivity index (χ1n) is 12.2. The number of aromatic nitrogens is 1. The van der Waals surface area contributed by atoms with Gasteiger partial charge in [-0.2, -0.15) is 0 Å². The number of carbonyl (C=O) groups excluding carboxylic acids is 1. The van der Waals surface area contributed by atoms with Crippen LogP contribution in [0, 0.1) is 30.1 Å². The van der Waals surface area contributed by atoms with Gasteiger partial charge in [0.15, 0.2) is 5.13 Å². The van der Waals surface area contributed by atoms with Gasteiger partial charge in [0, 0.05) is 22.9 Å². The summed E-state index contributed by atoms with van der Waals surface area (Å²) in [6.07, 6.45) is 8.12. The molecule has 1 aromatic carbocycles. The number of oxime groups is 1. The number of rotatable bonds is 5. The molecule has 2 aromatic rings. The van der Waals surface area contributed by atoms with E-state index in [1.165, 1.54) is 22.5 Å². The number of nitrogens with zero attached hydrogens (tertiary/aromatic N) is 2. The van der Waals surface area contributed by atoms with Crippen molar-refractivity contribution >= 4 is 33.8 Å². The summed E-state index contributed by atoms with van der Waals surface area (Å²) in [4.78, 5) is 23.3. The Kier molecular flexibility index (Phi) is 6.04. The Morgan fingerprint density at radius 3 is 2.97 bits per heavy atom. The summed E-state index contributed by atoms with van der Waals surface area (Å²) in [5.74, 6) is 1.98. The molecule has 182 valence electrons. The highest BCUT2D eigenvalue weighted by molar-refractivity contribution is 7.15. The van der Waals surface area contributed by atoms with E-state index in [2.05, 4.69) is 22.4 Å². The van der Waals surface area contributed by atoms with Crippen LogP contribution in [0.15, 0.2) is 23.5 Å². The fourth-order valence-corrected chi connectivity index (χ4v) is 7.82. The largest absolute Gasteiger partial charge is 0.506 e. The van der Waals surface area contributed by atoms with Crippen molar-refractivity contribution < 1.29 is 14.7 Å². The Balaban J connectivity index is 1.39. The normalized spacial score (nSPS) is 31.0. The summed E-state index contributed by atoms with van der Waals surface area (Å²) < 4.78 is 0. The van der Waals surface area contributed by atoms with Crippen LogP contribution in [0.1, 0.15) is 67.4 Å².